The fraction of sp³-hybridized carbons (Fsp3) is 0.857. The van der Waals surface area contributed by atoms with E-state index in [9.17, 15) is 4.79 Å². The molecule has 0 aromatic heterocycles. The molecule has 0 radical (unpaired) electrons. The van der Waals surface area contributed by atoms with Crippen LogP contribution in [0, 0.1) is 5.92 Å². The third kappa shape index (κ3) is 6.03. The number of rotatable bonds is 5. The number of guanidine groups is 1. The molecule has 0 bridgehead atoms. The van der Waals surface area contributed by atoms with E-state index in [1.807, 2.05) is 6.92 Å². The van der Waals surface area contributed by atoms with Crippen LogP contribution >= 0.6 is 0 Å². The zero-order valence-corrected chi connectivity index (χ0v) is 12.9. The van der Waals surface area contributed by atoms with Crippen LogP contribution in [0.15, 0.2) is 4.99 Å². The summed E-state index contributed by atoms with van der Waals surface area (Å²) in [6.45, 7) is 15.3. The standard InChI is InChI=1S/C14H29N3O/c1-8-13(18)16-14(15-9-10(2)3)17(11(4)5)12(6)7/h10-12H,8-9H2,1-7H3,(H,15,16,18). The van der Waals surface area contributed by atoms with Crippen LogP contribution in [0.25, 0.3) is 0 Å². The Morgan fingerprint density at radius 3 is 1.94 bits per heavy atom. The SMILES string of the molecule is CCC(=O)NC(=NCC(C)C)N(C(C)C)C(C)C. The number of carbonyl (C=O) groups excluding carboxylic acids is 1. The van der Waals surface area contributed by atoms with Gasteiger partial charge in [-0.3, -0.25) is 15.1 Å². The summed E-state index contributed by atoms with van der Waals surface area (Å²) >= 11 is 0. The highest BCUT2D eigenvalue weighted by Crippen LogP contribution is 2.06. The minimum atomic E-state index is 0.0174. The molecule has 4 nitrogen and oxygen atoms in total. The second-order valence-corrected chi connectivity index (χ2v) is 5.55. The van der Waals surface area contributed by atoms with Gasteiger partial charge in [-0.2, -0.15) is 0 Å². The van der Waals surface area contributed by atoms with Crippen molar-refractivity contribution in [2.24, 2.45) is 10.9 Å². The van der Waals surface area contributed by atoms with Gasteiger partial charge in [-0.25, -0.2) is 0 Å². The van der Waals surface area contributed by atoms with Gasteiger partial charge in [0, 0.05) is 25.0 Å². The Hall–Kier alpha value is -1.06. The van der Waals surface area contributed by atoms with E-state index in [1.54, 1.807) is 0 Å². The molecule has 106 valence electrons. The number of amides is 1. The van der Waals surface area contributed by atoms with Crippen molar-refractivity contribution < 1.29 is 4.79 Å². The maximum atomic E-state index is 11.6. The summed E-state index contributed by atoms with van der Waals surface area (Å²) in [7, 11) is 0. The normalized spacial score (nSPS) is 12.4. The lowest BCUT2D eigenvalue weighted by Crippen LogP contribution is -2.50. The second kappa shape index (κ2) is 8.11. The summed E-state index contributed by atoms with van der Waals surface area (Å²) in [4.78, 5) is 18.3. The average Bonchev–Trinajstić information content (AvgIpc) is 2.24. The minimum Gasteiger partial charge on any atom is -0.338 e. The number of nitrogens with zero attached hydrogens (tertiary/aromatic N) is 2. The highest BCUT2D eigenvalue weighted by molar-refractivity contribution is 5.97. The molecule has 0 aliphatic carbocycles. The molecule has 1 amide bonds. The van der Waals surface area contributed by atoms with Crippen molar-refractivity contribution in [1.82, 2.24) is 10.2 Å². The Labute approximate surface area is 112 Å². The molecule has 0 aromatic rings. The van der Waals surface area contributed by atoms with Gasteiger partial charge in [-0.15, -0.1) is 0 Å². The molecular weight excluding hydrogens is 226 g/mol. The average molecular weight is 255 g/mol. The Balaban J connectivity index is 5.03. The van der Waals surface area contributed by atoms with Crippen molar-refractivity contribution in [2.45, 2.75) is 67.0 Å². The highest BCUT2D eigenvalue weighted by Gasteiger charge is 2.19. The number of nitrogens with one attached hydrogen (secondary N) is 1. The van der Waals surface area contributed by atoms with E-state index in [0.717, 1.165) is 6.54 Å². The Morgan fingerprint density at radius 2 is 1.61 bits per heavy atom. The van der Waals surface area contributed by atoms with E-state index in [2.05, 4.69) is 56.8 Å². The molecule has 0 spiro atoms. The maximum Gasteiger partial charge on any atom is 0.226 e. The van der Waals surface area contributed by atoms with Gasteiger partial charge in [0.1, 0.15) is 0 Å². The number of hydrogen-bond acceptors (Lipinski definition) is 2. The highest BCUT2D eigenvalue weighted by atomic mass is 16.1. The summed E-state index contributed by atoms with van der Waals surface area (Å²) in [6.07, 6.45) is 0.477. The molecule has 0 fully saturated rings. The van der Waals surface area contributed by atoms with Crippen molar-refractivity contribution in [1.29, 1.82) is 0 Å². The first kappa shape index (κ1) is 16.9. The van der Waals surface area contributed by atoms with E-state index in [4.69, 9.17) is 0 Å². The lowest BCUT2D eigenvalue weighted by molar-refractivity contribution is -0.119. The van der Waals surface area contributed by atoms with Gasteiger partial charge in [0.15, 0.2) is 0 Å². The zero-order valence-electron chi connectivity index (χ0n) is 12.9. The Bertz CT molecular complexity index is 275. The Kier molecular flexibility index (Phi) is 7.64. The largest absolute Gasteiger partial charge is 0.338 e. The predicted molar refractivity (Wildman–Crippen MR) is 77.7 cm³/mol. The zero-order chi connectivity index (χ0) is 14.3. The first-order valence-electron chi connectivity index (χ1n) is 6.92. The van der Waals surface area contributed by atoms with E-state index in [0.29, 0.717) is 30.4 Å². The van der Waals surface area contributed by atoms with Gasteiger partial charge in [0.25, 0.3) is 0 Å². The van der Waals surface area contributed by atoms with Crippen LogP contribution in [-0.4, -0.2) is 35.4 Å². The van der Waals surface area contributed by atoms with E-state index >= 15 is 0 Å². The fourth-order valence-corrected chi connectivity index (χ4v) is 1.75. The monoisotopic (exact) mass is 255 g/mol. The van der Waals surface area contributed by atoms with Crippen molar-refractivity contribution in [3.05, 3.63) is 0 Å². The molecule has 1 N–H and O–H groups in total. The molecule has 0 heterocycles. The second-order valence-electron chi connectivity index (χ2n) is 5.55. The molecule has 0 saturated carbocycles. The first-order chi connectivity index (χ1) is 8.29. The summed E-state index contributed by atoms with van der Waals surface area (Å²) in [5.74, 6) is 1.21. The summed E-state index contributed by atoms with van der Waals surface area (Å²) in [5, 5.41) is 2.92. The van der Waals surface area contributed by atoms with Crippen LogP contribution < -0.4 is 5.32 Å². The number of aliphatic imine (C=N–C) groups is 1. The lowest BCUT2D eigenvalue weighted by Gasteiger charge is -2.33. The molecule has 0 rings (SSSR count). The third-order valence-electron chi connectivity index (χ3n) is 2.54. The maximum absolute atomic E-state index is 11.6. The van der Waals surface area contributed by atoms with Crippen LogP contribution in [0.3, 0.4) is 0 Å². The van der Waals surface area contributed by atoms with Gasteiger partial charge in [-0.05, 0) is 33.6 Å². The van der Waals surface area contributed by atoms with Gasteiger partial charge in [-0.1, -0.05) is 20.8 Å². The van der Waals surface area contributed by atoms with E-state index < -0.39 is 0 Å². The van der Waals surface area contributed by atoms with Crippen LogP contribution in [0.2, 0.25) is 0 Å². The summed E-state index contributed by atoms with van der Waals surface area (Å²) < 4.78 is 0. The first-order valence-corrected chi connectivity index (χ1v) is 6.92. The molecule has 4 heteroatoms. The number of carbonyl (C=O) groups is 1. The lowest BCUT2D eigenvalue weighted by atomic mass is 10.2. The van der Waals surface area contributed by atoms with Crippen molar-refractivity contribution in [2.75, 3.05) is 6.54 Å². The van der Waals surface area contributed by atoms with Crippen LogP contribution in [-0.2, 0) is 4.79 Å². The molecule has 0 aliphatic heterocycles. The summed E-state index contributed by atoms with van der Waals surface area (Å²) in [5.41, 5.74) is 0. The molecule has 0 saturated heterocycles. The molecule has 0 unspecified atom stereocenters. The van der Waals surface area contributed by atoms with E-state index in [-0.39, 0.29) is 5.91 Å². The van der Waals surface area contributed by atoms with Crippen molar-refractivity contribution in [3.63, 3.8) is 0 Å². The van der Waals surface area contributed by atoms with Crippen molar-refractivity contribution >= 4 is 11.9 Å². The third-order valence-corrected chi connectivity index (χ3v) is 2.54. The van der Waals surface area contributed by atoms with Crippen LogP contribution in [0.5, 0.6) is 0 Å². The van der Waals surface area contributed by atoms with E-state index in [1.165, 1.54) is 0 Å². The summed E-state index contributed by atoms with van der Waals surface area (Å²) in [6, 6.07) is 0.626. The van der Waals surface area contributed by atoms with Crippen molar-refractivity contribution in [3.8, 4) is 0 Å². The van der Waals surface area contributed by atoms with Gasteiger partial charge < -0.3 is 4.90 Å². The number of hydrogen-bond donors (Lipinski definition) is 1. The van der Waals surface area contributed by atoms with Crippen LogP contribution in [0.1, 0.15) is 54.9 Å². The minimum absolute atomic E-state index is 0.0174. The topological polar surface area (TPSA) is 44.7 Å². The molecule has 0 aliphatic rings. The quantitative estimate of drug-likeness (QED) is 0.606. The molecule has 0 atom stereocenters. The van der Waals surface area contributed by atoms with Gasteiger partial charge >= 0.3 is 0 Å². The van der Waals surface area contributed by atoms with Crippen LogP contribution in [0.4, 0.5) is 0 Å². The van der Waals surface area contributed by atoms with Gasteiger partial charge in [0.05, 0.1) is 0 Å². The smallest absolute Gasteiger partial charge is 0.226 e. The molecule has 0 aromatic carbocycles. The Morgan fingerprint density at radius 1 is 1.11 bits per heavy atom. The molecule has 18 heavy (non-hydrogen) atoms. The van der Waals surface area contributed by atoms with Gasteiger partial charge in [0.2, 0.25) is 11.9 Å². The fourth-order valence-electron chi connectivity index (χ4n) is 1.75. The predicted octanol–water partition coefficient (Wildman–Crippen LogP) is 2.64. The molecular formula is C14H29N3O.